The highest BCUT2D eigenvalue weighted by Crippen LogP contribution is 2.33. The maximum Gasteiger partial charge on any atom is 0.252 e. The van der Waals surface area contributed by atoms with Crippen LogP contribution in [0.5, 0.6) is 0 Å². The molecule has 0 spiro atoms. The summed E-state index contributed by atoms with van der Waals surface area (Å²) in [5.74, 6) is -0.865. The number of carbonyl (C=O) groups is 3. The molecule has 1 aliphatic heterocycles. The summed E-state index contributed by atoms with van der Waals surface area (Å²) >= 11 is 0. The molecule has 8 nitrogen and oxygen atoms in total. The lowest BCUT2D eigenvalue weighted by Crippen LogP contribution is -2.59. The van der Waals surface area contributed by atoms with Crippen molar-refractivity contribution in [3.8, 4) is 0 Å². The molecule has 0 bridgehead atoms. The molecule has 4 N–H and O–H groups in total. The van der Waals surface area contributed by atoms with Crippen LogP contribution < -0.4 is 16.4 Å². The van der Waals surface area contributed by atoms with Crippen molar-refractivity contribution in [2.24, 2.45) is 5.73 Å². The second kappa shape index (κ2) is 13.0. The van der Waals surface area contributed by atoms with Crippen LogP contribution in [0.2, 0.25) is 0 Å². The van der Waals surface area contributed by atoms with Crippen LogP contribution in [-0.2, 0) is 25.7 Å². The van der Waals surface area contributed by atoms with Gasteiger partial charge < -0.3 is 26.0 Å². The lowest BCUT2D eigenvalue weighted by Gasteiger charge is -2.32. The fourth-order valence-electron chi connectivity index (χ4n) is 4.50. The lowest BCUT2D eigenvalue weighted by molar-refractivity contribution is -0.139. The van der Waals surface area contributed by atoms with Gasteiger partial charge in [0.2, 0.25) is 11.8 Å². The molecule has 0 radical (unpaired) electrons. The molecule has 8 heteroatoms. The van der Waals surface area contributed by atoms with E-state index < -0.39 is 23.0 Å². The number of likely N-dealkylation sites (N-methyl/N-ethyl adjacent to an activating group) is 1. The summed E-state index contributed by atoms with van der Waals surface area (Å²) in [5, 5.41) is 5.90. The second-order valence-corrected chi connectivity index (χ2v) is 10.8. The van der Waals surface area contributed by atoms with Crippen molar-refractivity contribution >= 4 is 17.7 Å². The van der Waals surface area contributed by atoms with Crippen LogP contribution >= 0.6 is 0 Å². The number of amides is 3. The van der Waals surface area contributed by atoms with Crippen LogP contribution in [0, 0.1) is 0 Å². The average molecular weight is 535 g/mol. The van der Waals surface area contributed by atoms with Gasteiger partial charge in [-0.25, -0.2) is 0 Å². The first-order valence-corrected chi connectivity index (χ1v) is 13.6. The highest BCUT2D eigenvalue weighted by Gasteiger charge is 2.40. The van der Waals surface area contributed by atoms with Crippen molar-refractivity contribution in [3.05, 3.63) is 83.0 Å². The Bertz CT molecular complexity index is 1180. The summed E-state index contributed by atoms with van der Waals surface area (Å²) in [7, 11) is 0. The predicted molar refractivity (Wildman–Crippen MR) is 153 cm³/mol. The van der Waals surface area contributed by atoms with Crippen molar-refractivity contribution in [2.75, 3.05) is 19.7 Å². The van der Waals surface area contributed by atoms with E-state index in [9.17, 15) is 14.4 Å². The molecule has 1 aromatic carbocycles. The molecule has 0 saturated heterocycles. The number of hydrogen-bond acceptors (Lipinski definition) is 5. The van der Waals surface area contributed by atoms with E-state index in [1.807, 2.05) is 88.4 Å². The predicted octanol–water partition coefficient (Wildman–Crippen LogP) is 3.31. The Hall–Kier alpha value is -3.49. The molecule has 0 aromatic heterocycles. The number of rotatable bonds is 12. The quantitative estimate of drug-likeness (QED) is 0.381. The van der Waals surface area contributed by atoms with Gasteiger partial charge in [-0.2, -0.15) is 0 Å². The molecule has 210 valence electrons. The number of carbonyl (C=O) groups excluding carboxylic acids is 3. The summed E-state index contributed by atoms with van der Waals surface area (Å²) in [5.41, 5.74) is 7.63. The number of nitrogens with one attached hydrogen (secondary N) is 2. The van der Waals surface area contributed by atoms with Crippen molar-refractivity contribution in [1.29, 1.82) is 0 Å². The number of nitrogens with two attached hydrogens (primary N) is 1. The maximum atomic E-state index is 13.9. The van der Waals surface area contributed by atoms with Gasteiger partial charge in [-0.3, -0.25) is 14.4 Å². The summed E-state index contributed by atoms with van der Waals surface area (Å²) in [6, 6.07) is 8.70. The van der Waals surface area contributed by atoms with Crippen molar-refractivity contribution < 1.29 is 19.1 Å². The van der Waals surface area contributed by atoms with Crippen LogP contribution in [0.1, 0.15) is 53.0 Å². The van der Waals surface area contributed by atoms with Crippen molar-refractivity contribution in [1.82, 2.24) is 15.5 Å². The maximum absolute atomic E-state index is 13.9. The van der Waals surface area contributed by atoms with Gasteiger partial charge in [0.15, 0.2) is 0 Å². The monoisotopic (exact) mass is 534 g/mol. The molecule has 0 fully saturated rings. The number of benzene rings is 1. The molecule has 2 atom stereocenters. The minimum absolute atomic E-state index is 0.0121. The van der Waals surface area contributed by atoms with E-state index in [1.54, 1.807) is 11.8 Å². The molecule has 0 saturated carbocycles. The van der Waals surface area contributed by atoms with Crippen LogP contribution in [0.3, 0.4) is 0 Å². The summed E-state index contributed by atoms with van der Waals surface area (Å²) in [6.45, 7) is 10.1. The Morgan fingerprint density at radius 1 is 1.21 bits per heavy atom. The van der Waals surface area contributed by atoms with Gasteiger partial charge in [0.1, 0.15) is 6.04 Å². The Kier molecular flexibility index (Phi) is 10.1. The summed E-state index contributed by atoms with van der Waals surface area (Å²) in [4.78, 5) is 41.7. The van der Waals surface area contributed by atoms with E-state index >= 15 is 0 Å². The molecule has 1 aliphatic carbocycles. The van der Waals surface area contributed by atoms with Gasteiger partial charge in [-0.15, -0.1) is 0 Å². The third-order valence-corrected chi connectivity index (χ3v) is 7.29. The smallest absolute Gasteiger partial charge is 0.252 e. The molecule has 39 heavy (non-hydrogen) atoms. The zero-order valence-corrected chi connectivity index (χ0v) is 23.8. The average Bonchev–Trinajstić information content (AvgIpc) is 3.07. The van der Waals surface area contributed by atoms with Gasteiger partial charge >= 0.3 is 0 Å². The number of nitrogens with zero attached hydrogens (tertiary/aromatic N) is 1. The molecular formula is C31H42N4O4. The lowest BCUT2D eigenvalue weighted by atomic mass is 9.90. The van der Waals surface area contributed by atoms with Gasteiger partial charge in [-0.05, 0) is 57.2 Å². The number of allylic oxidation sites excluding steroid dienone is 5. The van der Waals surface area contributed by atoms with E-state index in [4.69, 9.17) is 10.5 Å². The zero-order valence-electron chi connectivity index (χ0n) is 23.8. The van der Waals surface area contributed by atoms with Gasteiger partial charge in [0, 0.05) is 18.7 Å². The molecule has 2 aliphatic rings. The van der Waals surface area contributed by atoms with Crippen molar-refractivity contribution in [3.63, 3.8) is 0 Å². The molecular weight excluding hydrogens is 492 g/mol. The Balaban J connectivity index is 1.88. The molecule has 3 amide bonds. The molecule has 1 heterocycles. The molecule has 1 aromatic rings. The molecule has 1 unspecified atom stereocenters. The standard InChI is InChI=1S/C31H42N4O4/c1-6-31(5,32)29(38)33-25(21-39-20-22-15-11-10-12-16-22)28(37)35(7-2)19-24-26(27(36)34-30(24,3)4)23-17-13-8-9-14-18-23/h8-13,15-18,25H,6-7,14,19-21,32H2,1-5H3,(H,33,38)(H,34,36)/t25-,31?/m1/s1. The van der Waals surface area contributed by atoms with Crippen LogP contribution in [0.4, 0.5) is 0 Å². The van der Waals surface area contributed by atoms with E-state index in [-0.39, 0.29) is 25.0 Å². The first kappa shape index (κ1) is 30.1. The van der Waals surface area contributed by atoms with Crippen LogP contribution in [-0.4, -0.2) is 59.4 Å². The minimum atomic E-state index is -1.12. The van der Waals surface area contributed by atoms with Gasteiger partial charge in [-0.1, -0.05) is 67.6 Å². The highest BCUT2D eigenvalue weighted by atomic mass is 16.5. The van der Waals surface area contributed by atoms with E-state index in [1.165, 1.54) is 0 Å². The van der Waals surface area contributed by atoms with Gasteiger partial charge in [0.05, 0.1) is 24.3 Å². The van der Waals surface area contributed by atoms with Crippen LogP contribution in [0.15, 0.2) is 77.4 Å². The van der Waals surface area contributed by atoms with E-state index in [0.29, 0.717) is 31.6 Å². The Labute approximate surface area is 232 Å². The second-order valence-electron chi connectivity index (χ2n) is 10.8. The Morgan fingerprint density at radius 2 is 1.92 bits per heavy atom. The largest absolute Gasteiger partial charge is 0.374 e. The number of ether oxygens (including phenoxy) is 1. The first-order valence-electron chi connectivity index (χ1n) is 13.6. The number of hydrogen-bond donors (Lipinski definition) is 3. The van der Waals surface area contributed by atoms with Crippen LogP contribution in [0.25, 0.3) is 0 Å². The minimum Gasteiger partial charge on any atom is -0.374 e. The normalized spacial score (nSPS) is 18.6. The molecule has 3 rings (SSSR count). The Morgan fingerprint density at radius 3 is 2.59 bits per heavy atom. The first-order chi connectivity index (χ1) is 18.5. The summed E-state index contributed by atoms with van der Waals surface area (Å²) in [6.07, 6.45) is 11.0. The summed E-state index contributed by atoms with van der Waals surface area (Å²) < 4.78 is 5.90. The fourth-order valence-corrected chi connectivity index (χ4v) is 4.50. The SMILES string of the molecule is CCN(CC1=C(C2=CCC=CC=C2)C(=O)NC1(C)C)C(=O)[C@@H](COCc1ccccc1)NC(=O)C(C)(N)CC. The third-order valence-electron chi connectivity index (χ3n) is 7.29. The third kappa shape index (κ3) is 7.55. The van der Waals surface area contributed by atoms with E-state index in [2.05, 4.69) is 10.6 Å². The van der Waals surface area contributed by atoms with E-state index in [0.717, 1.165) is 16.7 Å². The van der Waals surface area contributed by atoms with Gasteiger partial charge in [0.25, 0.3) is 5.91 Å². The fraction of sp³-hybridized carbons (Fsp3) is 0.452. The zero-order chi connectivity index (χ0) is 28.6. The van der Waals surface area contributed by atoms with Crippen molar-refractivity contribution in [2.45, 2.75) is 71.2 Å². The topological polar surface area (TPSA) is 114 Å². The highest BCUT2D eigenvalue weighted by molar-refractivity contribution is 6.03.